The van der Waals surface area contributed by atoms with E-state index in [9.17, 15) is 9.90 Å². The van der Waals surface area contributed by atoms with Gasteiger partial charge in [-0.25, -0.2) is 0 Å². The minimum absolute atomic E-state index is 0.593. The molecule has 1 aliphatic rings. The van der Waals surface area contributed by atoms with Crippen LogP contribution in [0.3, 0.4) is 0 Å². The van der Waals surface area contributed by atoms with Crippen molar-refractivity contribution < 1.29 is 9.90 Å². The Labute approximate surface area is 89.3 Å². The van der Waals surface area contributed by atoms with Gasteiger partial charge in [0, 0.05) is 18.7 Å². The van der Waals surface area contributed by atoms with Crippen molar-refractivity contribution in [2.75, 3.05) is 20.1 Å². The van der Waals surface area contributed by atoms with E-state index in [0.717, 1.165) is 18.4 Å². The van der Waals surface area contributed by atoms with Crippen LogP contribution in [0.2, 0.25) is 0 Å². The molecule has 1 unspecified atom stereocenters. The Balaban J connectivity index is 2.40. The van der Waals surface area contributed by atoms with Crippen LogP contribution in [0.4, 0.5) is 0 Å². The summed E-state index contributed by atoms with van der Waals surface area (Å²) in [6.45, 7) is 1.46. The lowest BCUT2D eigenvalue weighted by molar-refractivity contribution is 0.0479. The Kier molecular flexibility index (Phi) is 2.59. The van der Waals surface area contributed by atoms with Gasteiger partial charge >= 0.3 is 0 Å². The largest absolute Gasteiger partial charge is 0.384 e. The lowest BCUT2D eigenvalue weighted by Crippen LogP contribution is -2.30. The van der Waals surface area contributed by atoms with Crippen molar-refractivity contribution in [3.63, 3.8) is 0 Å². The van der Waals surface area contributed by atoms with E-state index in [4.69, 9.17) is 0 Å². The van der Waals surface area contributed by atoms with Crippen LogP contribution < -0.4 is 0 Å². The lowest BCUT2D eigenvalue weighted by atomic mass is 9.89. The quantitative estimate of drug-likeness (QED) is 0.733. The number of likely N-dealkylation sites (N-methyl/N-ethyl adjacent to an activating group) is 1. The van der Waals surface area contributed by atoms with Crippen LogP contribution in [0.1, 0.15) is 22.3 Å². The van der Waals surface area contributed by atoms with Crippen molar-refractivity contribution in [2.24, 2.45) is 0 Å². The standard InChI is InChI=1S/C12H15NO2/c1-13-7-6-12(15,9-13)11-5-3-2-4-10(11)8-14/h2-5,8,15H,6-7,9H2,1H3. The molecular formula is C12H15NO2. The predicted octanol–water partition coefficient (Wildman–Crippen LogP) is 1.02. The molecule has 1 N–H and O–H groups in total. The van der Waals surface area contributed by atoms with Gasteiger partial charge in [-0.05, 0) is 19.0 Å². The summed E-state index contributed by atoms with van der Waals surface area (Å²) in [5.41, 5.74) is 0.492. The van der Waals surface area contributed by atoms with Crippen LogP contribution in [0.25, 0.3) is 0 Å². The molecule has 1 aliphatic heterocycles. The SMILES string of the molecule is CN1CCC(O)(c2ccccc2C=O)C1. The van der Waals surface area contributed by atoms with Crippen LogP contribution in [-0.2, 0) is 5.60 Å². The first-order chi connectivity index (χ1) is 7.15. The maximum Gasteiger partial charge on any atom is 0.150 e. The minimum atomic E-state index is -0.855. The third-order valence-corrected chi connectivity index (χ3v) is 3.03. The lowest BCUT2D eigenvalue weighted by Gasteiger charge is -2.24. The molecular weight excluding hydrogens is 190 g/mol. The van der Waals surface area contributed by atoms with Gasteiger partial charge in [-0.2, -0.15) is 0 Å². The number of aliphatic hydroxyl groups is 1. The number of hydrogen-bond donors (Lipinski definition) is 1. The molecule has 1 heterocycles. The second kappa shape index (κ2) is 3.76. The third kappa shape index (κ3) is 1.80. The first-order valence-corrected chi connectivity index (χ1v) is 5.11. The molecule has 3 heteroatoms. The zero-order valence-corrected chi connectivity index (χ0v) is 8.81. The van der Waals surface area contributed by atoms with Crippen molar-refractivity contribution >= 4 is 6.29 Å². The van der Waals surface area contributed by atoms with E-state index in [2.05, 4.69) is 4.90 Å². The zero-order chi connectivity index (χ0) is 10.9. The maximum atomic E-state index is 10.9. The van der Waals surface area contributed by atoms with Gasteiger partial charge in [0.1, 0.15) is 11.9 Å². The molecule has 80 valence electrons. The normalized spacial score (nSPS) is 26.8. The van der Waals surface area contributed by atoms with E-state index in [0.29, 0.717) is 18.5 Å². The highest BCUT2D eigenvalue weighted by atomic mass is 16.3. The van der Waals surface area contributed by atoms with Gasteiger partial charge in [-0.15, -0.1) is 0 Å². The average molecular weight is 205 g/mol. The molecule has 1 aromatic carbocycles. The Bertz CT molecular complexity index is 378. The Hall–Kier alpha value is -1.19. The number of aldehydes is 1. The van der Waals surface area contributed by atoms with Gasteiger partial charge in [-0.3, -0.25) is 4.79 Å². The van der Waals surface area contributed by atoms with Gasteiger partial charge in [0.15, 0.2) is 0 Å². The van der Waals surface area contributed by atoms with Gasteiger partial charge in [-0.1, -0.05) is 24.3 Å². The summed E-state index contributed by atoms with van der Waals surface area (Å²) in [7, 11) is 1.97. The molecule has 3 nitrogen and oxygen atoms in total. The van der Waals surface area contributed by atoms with Gasteiger partial charge < -0.3 is 10.0 Å². The highest BCUT2D eigenvalue weighted by molar-refractivity contribution is 5.77. The number of carbonyl (C=O) groups excluding carboxylic acids is 1. The van der Waals surface area contributed by atoms with Crippen molar-refractivity contribution in [3.8, 4) is 0 Å². The summed E-state index contributed by atoms with van der Waals surface area (Å²) in [5.74, 6) is 0. The molecule has 0 bridgehead atoms. The fraction of sp³-hybridized carbons (Fsp3) is 0.417. The van der Waals surface area contributed by atoms with Gasteiger partial charge in [0.05, 0.1) is 0 Å². The van der Waals surface area contributed by atoms with Crippen molar-refractivity contribution in [3.05, 3.63) is 35.4 Å². The molecule has 1 atom stereocenters. The van der Waals surface area contributed by atoms with Crippen LogP contribution in [0.15, 0.2) is 24.3 Å². The number of carbonyl (C=O) groups is 1. The fourth-order valence-corrected chi connectivity index (χ4v) is 2.22. The van der Waals surface area contributed by atoms with Crippen molar-refractivity contribution in [2.45, 2.75) is 12.0 Å². The molecule has 0 radical (unpaired) electrons. The minimum Gasteiger partial charge on any atom is -0.384 e. The smallest absolute Gasteiger partial charge is 0.150 e. The second-order valence-corrected chi connectivity index (χ2v) is 4.22. The summed E-state index contributed by atoms with van der Waals surface area (Å²) in [4.78, 5) is 13.0. The number of benzene rings is 1. The van der Waals surface area contributed by atoms with Gasteiger partial charge in [0.25, 0.3) is 0 Å². The molecule has 0 saturated carbocycles. The van der Waals surface area contributed by atoms with E-state index < -0.39 is 5.60 Å². The molecule has 2 rings (SSSR count). The Morgan fingerprint density at radius 2 is 2.20 bits per heavy atom. The molecule has 0 spiro atoms. The summed E-state index contributed by atoms with van der Waals surface area (Å²) < 4.78 is 0. The summed E-state index contributed by atoms with van der Waals surface area (Å²) in [6.07, 6.45) is 1.50. The Morgan fingerprint density at radius 3 is 2.80 bits per heavy atom. The maximum absolute atomic E-state index is 10.9. The number of hydrogen-bond acceptors (Lipinski definition) is 3. The molecule has 15 heavy (non-hydrogen) atoms. The molecule has 1 aromatic rings. The third-order valence-electron chi connectivity index (χ3n) is 3.03. The first kappa shape index (κ1) is 10.3. The zero-order valence-electron chi connectivity index (χ0n) is 8.81. The van der Waals surface area contributed by atoms with E-state index in [1.807, 2.05) is 25.2 Å². The Morgan fingerprint density at radius 1 is 1.47 bits per heavy atom. The fourth-order valence-electron chi connectivity index (χ4n) is 2.22. The first-order valence-electron chi connectivity index (χ1n) is 5.11. The van der Waals surface area contributed by atoms with Crippen LogP contribution in [0, 0.1) is 0 Å². The monoisotopic (exact) mass is 205 g/mol. The van der Waals surface area contributed by atoms with E-state index in [1.165, 1.54) is 0 Å². The number of β-amino-alcohol motifs (C(OH)–C–C–N with tert-alkyl or cyclic N) is 1. The highest BCUT2D eigenvalue weighted by Crippen LogP contribution is 2.32. The highest BCUT2D eigenvalue weighted by Gasteiger charge is 2.37. The second-order valence-electron chi connectivity index (χ2n) is 4.22. The molecule has 1 fully saturated rings. The van der Waals surface area contributed by atoms with E-state index in [-0.39, 0.29) is 0 Å². The topological polar surface area (TPSA) is 40.5 Å². The number of likely N-dealkylation sites (tertiary alicyclic amines) is 1. The van der Waals surface area contributed by atoms with E-state index >= 15 is 0 Å². The average Bonchev–Trinajstić information content (AvgIpc) is 2.60. The van der Waals surface area contributed by atoms with Crippen molar-refractivity contribution in [1.29, 1.82) is 0 Å². The summed E-state index contributed by atoms with van der Waals surface area (Å²) >= 11 is 0. The predicted molar refractivity (Wildman–Crippen MR) is 57.8 cm³/mol. The number of nitrogens with zero attached hydrogens (tertiary/aromatic N) is 1. The van der Waals surface area contributed by atoms with Gasteiger partial charge in [0.2, 0.25) is 0 Å². The number of rotatable bonds is 2. The van der Waals surface area contributed by atoms with E-state index in [1.54, 1.807) is 6.07 Å². The summed E-state index contributed by atoms with van der Waals surface area (Å²) in [6, 6.07) is 7.26. The molecule has 0 aliphatic carbocycles. The summed E-state index contributed by atoms with van der Waals surface area (Å²) in [5, 5.41) is 10.4. The molecule has 0 aromatic heterocycles. The molecule has 0 amide bonds. The molecule has 1 saturated heterocycles. The van der Waals surface area contributed by atoms with Crippen LogP contribution in [-0.4, -0.2) is 36.4 Å². The van der Waals surface area contributed by atoms with Crippen LogP contribution in [0.5, 0.6) is 0 Å². The van der Waals surface area contributed by atoms with Crippen molar-refractivity contribution in [1.82, 2.24) is 4.90 Å². The van der Waals surface area contributed by atoms with Crippen LogP contribution >= 0.6 is 0 Å².